The van der Waals surface area contributed by atoms with E-state index in [1.54, 1.807) is 48.5 Å². The lowest BCUT2D eigenvalue weighted by atomic mass is 10.1. The van der Waals surface area contributed by atoms with Crippen LogP contribution in [-0.2, 0) is 21.4 Å². The van der Waals surface area contributed by atoms with Crippen molar-refractivity contribution in [1.82, 2.24) is 5.32 Å². The number of nitrogens with one attached hydrogen (secondary N) is 1. The van der Waals surface area contributed by atoms with E-state index in [0.29, 0.717) is 18.0 Å². The predicted octanol–water partition coefficient (Wildman–Crippen LogP) is 3.82. The zero-order chi connectivity index (χ0) is 22.4. The molecule has 31 heavy (non-hydrogen) atoms. The van der Waals surface area contributed by atoms with Crippen molar-refractivity contribution in [2.45, 2.75) is 25.3 Å². The average molecular weight is 439 g/mol. The maximum atomic E-state index is 13.4. The maximum Gasteiger partial charge on any atom is 0.264 e. The molecule has 3 aromatic rings. The first-order chi connectivity index (χ1) is 14.8. The molecule has 0 saturated heterocycles. The molecule has 1 N–H and O–H groups in total. The van der Waals surface area contributed by atoms with Crippen LogP contribution in [0.3, 0.4) is 0 Å². The molecule has 0 aliphatic heterocycles. The first kappa shape index (κ1) is 22.4. The van der Waals surface area contributed by atoms with E-state index in [1.807, 2.05) is 38.1 Å². The number of nitrogens with zero attached hydrogens (tertiary/aromatic N) is 1. The van der Waals surface area contributed by atoms with Crippen LogP contribution in [0.25, 0.3) is 0 Å². The van der Waals surface area contributed by atoms with Crippen LogP contribution in [-0.4, -0.2) is 28.0 Å². The summed E-state index contributed by atoms with van der Waals surface area (Å²) >= 11 is 0. The van der Waals surface area contributed by atoms with Crippen LogP contribution in [0.15, 0.2) is 77.7 Å². The molecule has 0 heterocycles. The summed E-state index contributed by atoms with van der Waals surface area (Å²) in [6, 6.07) is 20.9. The molecular weight excluding hydrogens is 412 g/mol. The first-order valence-electron chi connectivity index (χ1n) is 9.85. The average Bonchev–Trinajstić information content (AvgIpc) is 2.77. The lowest BCUT2D eigenvalue weighted by Gasteiger charge is -2.24. The molecular formula is C24H26N2O4S. The van der Waals surface area contributed by atoms with Crippen LogP contribution in [0, 0.1) is 13.8 Å². The van der Waals surface area contributed by atoms with Crippen LogP contribution in [0.5, 0.6) is 5.75 Å². The van der Waals surface area contributed by atoms with Gasteiger partial charge in [-0.25, -0.2) is 8.42 Å². The summed E-state index contributed by atoms with van der Waals surface area (Å²) in [6.07, 6.45) is 0. The topological polar surface area (TPSA) is 75.7 Å². The van der Waals surface area contributed by atoms with Crippen molar-refractivity contribution in [3.05, 3.63) is 89.5 Å². The van der Waals surface area contributed by atoms with E-state index >= 15 is 0 Å². The van der Waals surface area contributed by atoms with Crippen LogP contribution in [0.4, 0.5) is 5.69 Å². The third-order valence-corrected chi connectivity index (χ3v) is 6.65. The van der Waals surface area contributed by atoms with E-state index in [0.717, 1.165) is 21.0 Å². The number of ether oxygens (including phenoxy) is 1. The number of carbonyl (C=O) groups excluding carboxylic acids is 1. The van der Waals surface area contributed by atoms with Gasteiger partial charge >= 0.3 is 0 Å². The molecule has 1 amide bonds. The monoisotopic (exact) mass is 438 g/mol. The molecule has 0 radical (unpaired) electrons. The molecule has 0 aliphatic carbocycles. The van der Waals surface area contributed by atoms with Gasteiger partial charge in [0.2, 0.25) is 5.91 Å². The summed E-state index contributed by atoms with van der Waals surface area (Å²) in [5.74, 6) is 0.201. The van der Waals surface area contributed by atoms with Gasteiger partial charge in [-0.05, 0) is 55.8 Å². The van der Waals surface area contributed by atoms with Gasteiger partial charge in [0.25, 0.3) is 10.0 Å². The predicted molar refractivity (Wildman–Crippen MR) is 122 cm³/mol. The fourth-order valence-electron chi connectivity index (χ4n) is 2.99. The van der Waals surface area contributed by atoms with Gasteiger partial charge in [-0.15, -0.1) is 0 Å². The molecule has 0 atom stereocenters. The smallest absolute Gasteiger partial charge is 0.264 e. The molecule has 0 spiro atoms. The van der Waals surface area contributed by atoms with Crippen molar-refractivity contribution in [3.8, 4) is 5.75 Å². The third kappa shape index (κ3) is 5.64. The molecule has 7 heteroatoms. The lowest BCUT2D eigenvalue weighted by Crippen LogP contribution is -2.40. The standard InChI is InChI=1S/C24H26N2O4S/c1-18-4-8-20(9-5-18)16-25-24(27)17-26(21-10-12-22(30-3)13-11-21)31(28,29)23-14-6-19(2)7-15-23/h4-15H,16-17H2,1-3H3,(H,25,27). The van der Waals surface area contributed by atoms with Crippen molar-refractivity contribution in [3.63, 3.8) is 0 Å². The lowest BCUT2D eigenvalue weighted by molar-refractivity contribution is -0.119. The van der Waals surface area contributed by atoms with Crippen molar-refractivity contribution < 1.29 is 17.9 Å². The summed E-state index contributed by atoms with van der Waals surface area (Å²) < 4.78 is 33.0. The molecule has 3 aromatic carbocycles. The number of amides is 1. The molecule has 0 aliphatic rings. The van der Waals surface area contributed by atoms with Crippen molar-refractivity contribution in [1.29, 1.82) is 0 Å². The number of hydrogen-bond acceptors (Lipinski definition) is 4. The number of anilines is 1. The van der Waals surface area contributed by atoms with E-state index in [-0.39, 0.29) is 11.4 Å². The minimum Gasteiger partial charge on any atom is -0.497 e. The highest BCUT2D eigenvalue weighted by Gasteiger charge is 2.27. The Kier molecular flexibility index (Phi) is 6.97. The number of carbonyl (C=O) groups is 1. The van der Waals surface area contributed by atoms with E-state index in [1.165, 1.54) is 7.11 Å². The Morgan fingerprint density at radius 1 is 0.871 bits per heavy atom. The molecule has 0 fully saturated rings. The summed E-state index contributed by atoms with van der Waals surface area (Å²) in [5, 5.41) is 2.80. The highest BCUT2D eigenvalue weighted by molar-refractivity contribution is 7.92. The Hall–Kier alpha value is -3.32. The van der Waals surface area contributed by atoms with E-state index in [2.05, 4.69) is 5.32 Å². The number of methoxy groups -OCH3 is 1. The molecule has 3 rings (SSSR count). The third-order valence-electron chi connectivity index (χ3n) is 4.87. The number of sulfonamides is 1. The summed E-state index contributed by atoms with van der Waals surface area (Å²) in [5.41, 5.74) is 3.40. The Balaban J connectivity index is 1.85. The fraction of sp³-hybridized carbons (Fsp3) is 0.208. The van der Waals surface area contributed by atoms with Crippen LogP contribution in [0.2, 0.25) is 0 Å². The van der Waals surface area contributed by atoms with Gasteiger partial charge < -0.3 is 10.1 Å². The van der Waals surface area contributed by atoms with Gasteiger partial charge in [-0.1, -0.05) is 47.5 Å². The second-order valence-electron chi connectivity index (χ2n) is 7.29. The van der Waals surface area contributed by atoms with Gasteiger partial charge in [0.1, 0.15) is 12.3 Å². The molecule has 162 valence electrons. The summed E-state index contributed by atoms with van der Waals surface area (Å²) in [6.45, 7) is 3.86. The number of hydrogen-bond donors (Lipinski definition) is 1. The number of rotatable bonds is 8. The van der Waals surface area contributed by atoms with E-state index in [9.17, 15) is 13.2 Å². The second-order valence-corrected chi connectivity index (χ2v) is 9.15. The molecule has 0 aromatic heterocycles. The fourth-order valence-corrected chi connectivity index (χ4v) is 4.41. The zero-order valence-electron chi connectivity index (χ0n) is 17.8. The zero-order valence-corrected chi connectivity index (χ0v) is 18.6. The van der Waals surface area contributed by atoms with Gasteiger partial charge in [-0.3, -0.25) is 9.10 Å². The Morgan fingerprint density at radius 2 is 1.42 bits per heavy atom. The molecule has 0 saturated carbocycles. The highest BCUT2D eigenvalue weighted by atomic mass is 32.2. The number of aryl methyl sites for hydroxylation is 2. The van der Waals surface area contributed by atoms with Crippen LogP contribution >= 0.6 is 0 Å². The van der Waals surface area contributed by atoms with Gasteiger partial charge in [0.15, 0.2) is 0 Å². The minimum absolute atomic E-state index is 0.125. The molecule has 6 nitrogen and oxygen atoms in total. The van der Waals surface area contributed by atoms with E-state index < -0.39 is 15.9 Å². The molecule has 0 bridgehead atoms. The van der Waals surface area contributed by atoms with Crippen molar-refractivity contribution in [2.75, 3.05) is 18.0 Å². The SMILES string of the molecule is COc1ccc(N(CC(=O)NCc2ccc(C)cc2)S(=O)(=O)c2ccc(C)cc2)cc1. The van der Waals surface area contributed by atoms with Crippen LogP contribution in [0.1, 0.15) is 16.7 Å². The van der Waals surface area contributed by atoms with E-state index in [4.69, 9.17) is 4.74 Å². The Morgan fingerprint density at radius 3 is 1.97 bits per heavy atom. The first-order valence-corrected chi connectivity index (χ1v) is 11.3. The normalized spacial score (nSPS) is 11.1. The number of benzene rings is 3. The largest absolute Gasteiger partial charge is 0.497 e. The van der Waals surface area contributed by atoms with Crippen molar-refractivity contribution >= 4 is 21.6 Å². The van der Waals surface area contributed by atoms with Crippen LogP contribution < -0.4 is 14.4 Å². The second kappa shape index (κ2) is 9.66. The quantitative estimate of drug-likeness (QED) is 0.580. The highest BCUT2D eigenvalue weighted by Crippen LogP contribution is 2.26. The summed E-state index contributed by atoms with van der Waals surface area (Å²) in [4.78, 5) is 12.8. The van der Waals surface area contributed by atoms with Gasteiger partial charge in [0.05, 0.1) is 17.7 Å². The summed E-state index contributed by atoms with van der Waals surface area (Å²) in [7, 11) is -2.41. The Bertz CT molecular complexity index is 1120. The molecule has 0 unspecified atom stereocenters. The van der Waals surface area contributed by atoms with Gasteiger partial charge in [-0.2, -0.15) is 0 Å². The Labute approximate surface area is 183 Å². The van der Waals surface area contributed by atoms with Gasteiger partial charge in [0, 0.05) is 6.54 Å². The minimum atomic E-state index is -3.94. The van der Waals surface area contributed by atoms with Crippen molar-refractivity contribution in [2.24, 2.45) is 0 Å². The maximum absolute atomic E-state index is 13.4.